The molecule has 78 valence electrons. The third-order valence-electron chi connectivity index (χ3n) is 2.55. The van der Waals surface area contributed by atoms with E-state index in [-0.39, 0.29) is 0 Å². The van der Waals surface area contributed by atoms with Crippen LogP contribution >= 0.6 is 0 Å². The lowest BCUT2D eigenvalue weighted by Crippen LogP contribution is -2.28. The first kappa shape index (κ1) is 10.6. The molecule has 15 heavy (non-hydrogen) atoms. The third-order valence-corrected chi connectivity index (χ3v) is 2.55. The Morgan fingerprint density at radius 1 is 1.53 bits per heavy atom. The predicted molar refractivity (Wildman–Crippen MR) is 62.3 cm³/mol. The van der Waals surface area contributed by atoms with Crippen LogP contribution in [0.2, 0.25) is 6.32 Å². The molecule has 2 rings (SSSR count). The van der Waals surface area contributed by atoms with Gasteiger partial charge in [-0.2, -0.15) is 0 Å². The minimum atomic E-state index is -0.783. The normalized spacial score (nSPS) is 14.1. The average Bonchev–Trinajstić information content (AvgIpc) is 2.61. The molecule has 0 unspecified atom stereocenters. The summed E-state index contributed by atoms with van der Waals surface area (Å²) in [5.74, 6) is 0.812. The van der Waals surface area contributed by atoms with E-state index in [1.807, 2.05) is 18.2 Å². The Bertz CT molecular complexity index is 343. The van der Waals surface area contributed by atoms with Gasteiger partial charge >= 0.3 is 7.12 Å². The van der Waals surface area contributed by atoms with Crippen molar-refractivity contribution < 1.29 is 14.4 Å². The maximum Gasteiger partial charge on any atom is 0.491 e. The topological polar surface area (TPSA) is 38.7 Å². The van der Waals surface area contributed by atoms with E-state index in [2.05, 4.69) is 7.85 Å². The molecule has 5 heteroatoms. The SMILES string of the molecule is BCCCOc1ccc2c(c1)B(O)OC2. The molecule has 0 fully saturated rings. The van der Waals surface area contributed by atoms with Gasteiger partial charge < -0.3 is 14.4 Å². The summed E-state index contributed by atoms with van der Waals surface area (Å²) in [4.78, 5) is 0. The number of fused-ring (bicyclic) bond motifs is 1. The molecule has 0 spiro atoms. The van der Waals surface area contributed by atoms with Gasteiger partial charge in [-0.1, -0.05) is 12.4 Å². The number of hydrogen-bond acceptors (Lipinski definition) is 3. The van der Waals surface area contributed by atoms with Gasteiger partial charge in [-0.25, -0.2) is 0 Å². The van der Waals surface area contributed by atoms with Gasteiger partial charge in [0.25, 0.3) is 0 Å². The van der Waals surface area contributed by atoms with E-state index in [9.17, 15) is 5.02 Å². The summed E-state index contributed by atoms with van der Waals surface area (Å²) in [5, 5.41) is 9.50. The molecule has 0 amide bonds. The quantitative estimate of drug-likeness (QED) is 0.541. The van der Waals surface area contributed by atoms with Gasteiger partial charge in [0.05, 0.1) is 13.2 Å². The van der Waals surface area contributed by atoms with Gasteiger partial charge in [-0.15, -0.1) is 0 Å². The molecule has 0 atom stereocenters. The summed E-state index contributed by atoms with van der Waals surface area (Å²) in [5.41, 5.74) is 1.88. The van der Waals surface area contributed by atoms with Gasteiger partial charge in [-0.3, -0.25) is 0 Å². The Kier molecular flexibility index (Phi) is 3.34. The molecule has 3 nitrogen and oxygen atoms in total. The minimum Gasteiger partial charge on any atom is -0.494 e. The van der Waals surface area contributed by atoms with Crippen LogP contribution in [0.4, 0.5) is 0 Å². The highest BCUT2D eigenvalue weighted by Gasteiger charge is 2.27. The van der Waals surface area contributed by atoms with E-state index in [4.69, 9.17) is 9.39 Å². The molecular formula is C10H14B2O3. The Hall–Kier alpha value is -0.930. The fourth-order valence-electron chi connectivity index (χ4n) is 1.62. The first-order valence-electron chi connectivity index (χ1n) is 5.36. The van der Waals surface area contributed by atoms with Crippen LogP contribution in [-0.2, 0) is 11.3 Å². The fraction of sp³-hybridized carbons (Fsp3) is 0.400. The van der Waals surface area contributed by atoms with Gasteiger partial charge in [0.2, 0.25) is 0 Å². The highest BCUT2D eigenvalue weighted by Crippen LogP contribution is 2.16. The number of benzene rings is 1. The Labute approximate surface area is 91.0 Å². The van der Waals surface area contributed by atoms with Crippen LogP contribution in [0.1, 0.15) is 12.0 Å². The van der Waals surface area contributed by atoms with Crippen LogP contribution in [0.5, 0.6) is 5.75 Å². The summed E-state index contributed by atoms with van der Waals surface area (Å²) in [7, 11) is 1.35. The van der Waals surface area contributed by atoms with Crippen LogP contribution in [0.25, 0.3) is 0 Å². The monoisotopic (exact) mass is 204 g/mol. The summed E-state index contributed by atoms with van der Waals surface area (Å²) < 4.78 is 10.7. The fourth-order valence-corrected chi connectivity index (χ4v) is 1.62. The van der Waals surface area contributed by atoms with E-state index in [0.29, 0.717) is 6.61 Å². The van der Waals surface area contributed by atoms with Crippen molar-refractivity contribution in [3.63, 3.8) is 0 Å². The van der Waals surface area contributed by atoms with E-state index < -0.39 is 7.12 Å². The van der Waals surface area contributed by atoms with Gasteiger partial charge in [0.15, 0.2) is 0 Å². The zero-order valence-electron chi connectivity index (χ0n) is 8.90. The molecule has 0 saturated carbocycles. The molecule has 0 radical (unpaired) electrons. The van der Waals surface area contributed by atoms with Crippen molar-refractivity contribution in [2.24, 2.45) is 0 Å². The van der Waals surface area contributed by atoms with E-state index in [0.717, 1.165) is 36.1 Å². The van der Waals surface area contributed by atoms with Crippen molar-refractivity contribution in [2.45, 2.75) is 19.3 Å². The summed E-state index contributed by atoms with van der Waals surface area (Å²) in [6.07, 6.45) is 2.17. The Balaban J connectivity index is 2.05. The molecule has 1 aliphatic heterocycles. The highest BCUT2D eigenvalue weighted by molar-refractivity contribution is 6.61. The zero-order valence-corrected chi connectivity index (χ0v) is 8.90. The Morgan fingerprint density at radius 3 is 3.20 bits per heavy atom. The standard InChI is InChI=1S/C10H14B2O3/c11-4-1-5-14-9-3-2-8-7-15-12(13)10(8)6-9/h2-3,6,13H,1,4-5,7,11H2. The van der Waals surface area contributed by atoms with Crippen LogP contribution < -0.4 is 10.2 Å². The molecule has 1 aromatic rings. The first-order chi connectivity index (χ1) is 7.31. The van der Waals surface area contributed by atoms with Gasteiger partial charge in [0, 0.05) is 0 Å². The smallest absolute Gasteiger partial charge is 0.491 e. The van der Waals surface area contributed by atoms with Crippen molar-refractivity contribution in [3.8, 4) is 5.75 Å². The highest BCUT2D eigenvalue weighted by atomic mass is 16.5. The second-order valence-electron chi connectivity index (χ2n) is 3.73. The van der Waals surface area contributed by atoms with E-state index >= 15 is 0 Å². The number of ether oxygens (including phenoxy) is 1. The maximum atomic E-state index is 9.50. The molecule has 1 aliphatic rings. The van der Waals surface area contributed by atoms with Crippen LogP contribution in [-0.4, -0.2) is 26.6 Å². The minimum absolute atomic E-state index is 0.492. The molecule has 1 aromatic carbocycles. The third kappa shape index (κ3) is 2.36. The van der Waals surface area contributed by atoms with Crippen molar-refractivity contribution in [3.05, 3.63) is 23.8 Å². The van der Waals surface area contributed by atoms with E-state index in [1.54, 1.807) is 0 Å². The van der Waals surface area contributed by atoms with Gasteiger partial charge in [-0.05, 0) is 29.6 Å². The van der Waals surface area contributed by atoms with Crippen LogP contribution in [0.3, 0.4) is 0 Å². The lowest BCUT2D eigenvalue weighted by molar-refractivity contribution is 0.275. The lowest BCUT2D eigenvalue weighted by atomic mass is 9.79. The molecule has 0 saturated heterocycles. The van der Waals surface area contributed by atoms with Crippen molar-refractivity contribution in [1.29, 1.82) is 0 Å². The average molecular weight is 204 g/mol. The lowest BCUT2D eigenvalue weighted by Gasteiger charge is -2.06. The number of hydrogen-bond donors (Lipinski definition) is 1. The summed E-state index contributed by atoms with van der Waals surface area (Å²) in [6.45, 7) is 1.22. The molecule has 0 aliphatic carbocycles. The largest absolute Gasteiger partial charge is 0.494 e. The molecule has 0 aromatic heterocycles. The van der Waals surface area contributed by atoms with Crippen LogP contribution in [0.15, 0.2) is 18.2 Å². The second kappa shape index (κ2) is 4.73. The molecular weight excluding hydrogens is 190 g/mol. The molecule has 1 N–H and O–H groups in total. The van der Waals surface area contributed by atoms with Crippen molar-refractivity contribution in [2.75, 3.05) is 6.61 Å². The second-order valence-corrected chi connectivity index (χ2v) is 3.73. The van der Waals surface area contributed by atoms with E-state index in [1.165, 1.54) is 0 Å². The molecule has 0 bridgehead atoms. The summed E-state index contributed by atoms with van der Waals surface area (Å²) in [6, 6.07) is 5.74. The Morgan fingerprint density at radius 2 is 2.40 bits per heavy atom. The van der Waals surface area contributed by atoms with Crippen molar-refractivity contribution >= 4 is 20.4 Å². The first-order valence-corrected chi connectivity index (χ1v) is 5.36. The van der Waals surface area contributed by atoms with Crippen molar-refractivity contribution in [1.82, 2.24) is 0 Å². The van der Waals surface area contributed by atoms with Gasteiger partial charge in [0.1, 0.15) is 13.6 Å². The zero-order chi connectivity index (χ0) is 10.7. The predicted octanol–water partition coefficient (Wildman–Crippen LogP) is -0.275. The summed E-state index contributed by atoms with van der Waals surface area (Å²) >= 11 is 0. The number of rotatable bonds is 4. The maximum absolute atomic E-state index is 9.50. The van der Waals surface area contributed by atoms with Crippen LogP contribution in [0, 0.1) is 0 Å². The molecule has 1 heterocycles.